The molecule has 1 unspecified atom stereocenters. The number of aryl methyl sites for hydroxylation is 1. The van der Waals surface area contributed by atoms with Crippen LogP contribution in [0.4, 0.5) is 0 Å². The predicted molar refractivity (Wildman–Crippen MR) is 128 cm³/mol. The molecule has 0 bridgehead atoms. The number of halogens is 1. The smallest absolute Gasteiger partial charge is 0.252 e. The van der Waals surface area contributed by atoms with Crippen molar-refractivity contribution in [1.82, 2.24) is 14.9 Å². The number of hydrogen-bond donors (Lipinski definition) is 2. The van der Waals surface area contributed by atoms with E-state index in [0.29, 0.717) is 22.6 Å². The van der Waals surface area contributed by atoms with E-state index in [9.17, 15) is 8.42 Å². The van der Waals surface area contributed by atoms with Crippen LogP contribution in [0.1, 0.15) is 28.8 Å². The van der Waals surface area contributed by atoms with Gasteiger partial charge in [-0.2, -0.15) is 0 Å². The standard InChI is InChI=1S/C19H28N4O2S2.HI/c1-14-6-8-16(9-7-14)15(2)12-21-19(20-3)22-13-17-10-11-18(26-17)27(24,25)23(4)5;/h6-11,15H,12-13H2,1-5H3,(H2,20,21,22);1H. The number of sulfonamides is 1. The normalized spacial score (nSPS) is 13.1. The van der Waals surface area contributed by atoms with Crippen molar-refractivity contribution in [2.24, 2.45) is 4.99 Å². The van der Waals surface area contributed by atoms with E-state index in [0.717, 1.165) is 11.4 Å². The first-order valence-corrected chi connectivity index (χ1v) is 11.0. The van der Waals surface area contributed by atoms with Crippen LogP contribution in [0.2, 0.25) is 0 Å². The first kappa shape index (κ1) is 24.9. The largest absolute Gasteiger partial charge is 0.356 e. The first-order chi connectivity index (χ1) is 12.7. The highest BCUT2D eigenvalue weighted by atomic mass is 127. The molecule has 1 aromatic heterocycles. The maximum atomic E-state index is 12.2. The lowest BCUT2D eigenvalue weighted by atomic mass is 10.0. The molecule has 0 amide bonds. The fraction of sp³-hybridized carbons (Fsp3) is 0.421. The fourth-order valence-corrected chi connectivity index (χ4v) is 4.89. The lowest BCUT2D eigenvalue weighted by Gasteiger charge is -2.16. The van der Waals surface area contributed by atoms with Crippen molar-refractivity contribution in [3.63, 3.8) is 0 Å². The number of nitrogens with zero attached hydrogens (tertiary/aromatic N) is 2. The van der Waals surface area contributed by atoms with Crippen LogP contribution in [-0.2, 0) is 16.6 Å². The molecule has 2 aromatic rings. The molecule has 0 saturated heterocycles. The molecule has 156 valence electrons. The monoisotopic (exact) mass is 536 g/mol. The number of rotatable bonds is 7. The van der Waals surface area contributed by atoms with Gasteiger partial charge in [-0.15, -0.1) is 35.3 Å². The maximum absolute atomic E-state index is 12.2. The molecular weight excluding hydrogens is 507 g/mol. The van der Waals surface area contributed by atoms with Gasteiger partial charge in [0, 0.05) is 32.6 Å². The van der Waals surface area contributed by atoms with E-state index in [4.69, 9.17) is 0 Å². The molecule has 0 fully saturated rings. The van der Waals surface area contributed by atoms with Crippen LogP contribution < -0.4 is 10.6 Å². The number of benzene rings is 1. The average Bonchev–Trinajstić information content (AvgIpc) is 3.12. The Bertz CT molecular complexity index is 878. The molecule has 0 saturated carbocycles. The minimum Gasteiger partial charge on any atom is -0.356 e. The summed E-state index contributed by atoms with van der Waals surface area (Å²) in [6, 6.07) is 12.0. The van der Waals surface area contributed by atoms with E-state index < -0.39 is 10.0 Å². The van der Waals surface area contributed by atoms with Crippen LogP contribution in [0.15, 0.2) is 45.6 Å². The number of thiophene rings is 1. The summed E-state index contributed by atoms with van der Waals surface area (Å²) in [6.45, 7) is 5.53. The third-order valence-electron chi connectivity index (χ3n) is 4.25. The van der Waals surface area contributed by atoms with Crippen molar-refractivity contribution >= 4 is 51.3 Å². The minimum absolute atomic E-state index is 0. The van der Waals surface area contributed by atoms with Gasteiger partial charge in [-0.05, 0) is 30.5 Å². The van der Waals surface area contributed by atoms with E-state index in [2.05, 4.69) is 53.7 Å². The molecule has 1 heterocycles. The Balaban J connectivity index is 0.00000392. The molecule has 6 nitrogen and oxygen atoms in total. The summed E-state index contributed by atoms with van der Waals surface area (Å²) in [4.78, 5) is 5.17. The molecule has 0 aliphatic heterocycles. The van der Waals surface area contributed by atoms with Gasteiger partial charge in [0.1, 0.15) is 4.21 Å². The van der Waals surface area contributed by atoms with Gasteiger partial charge in [-0.25, -0.2) is 12.7 Å². The van der Waals surface area contributed by atoms with E-state index in [1.54, 1.807) is 13.1 Å². The van der Waals surface area contributed by atoms with Crippen LogP contribution in [0.3, 0.4) is 0 Å². The van der Waals surface area contributed by atoms with E-state index >= 15 is 0 Å². The van der Waals surface area contributed by atoms with Crippen LogP contribution in [0.5, 0.6) is 0 Å². The van der Waals surface area contributed by atoms with Crippen LogP contribution in [0, 0.1) is 6.92 Å². The van der Waals surface area contributed by atoms with Gasteiger partial charge in [-0.1, -0.05) is 36.8 Å². The number of guanidine groups is 1. The lowest BCUT2D eigenvalue weighted by Crippen LogP contribution is -2.38. The second-order valence-corrected chi connectivity index (χ2v) is 10.2. The lowest BCUT2D eigenvalue weighted by molar-refractivity contribution is 0.523. The van der Waals surface area contributed by atoms with Gasteiger partial charge in [0.15, 0.2) is 5.96 Å². The summed E-state index contributed by atoms with van der Waals surface area (Å²) in [5.74, 6) is 1.04. The average molecular weight is 537 g/mol. The fourth-order valence-electron chi connectivity index (χ4n) is 2.43. The van der Waals surface area contributed by atoms with Gasteiger partial charge >= 0.3 is 0 Å². The summed E-state index contributed by atoms with van der Waals surface area (Å²) in [7, 11) is 1.42. The molecule has 28 heavy (non-hydrogen) atoms. The third-order valence-corrected chi connectivity index (χ3v) is 7.62. The van der Waals surface area contributed by atoms with E-state index in [1.165, 1.54) is 40.9 Å². The molecule has 1 atom stereocenters. The minimum atomic E-state index is -3.38. The molecule has 9 heteroatoms. The Kier molecular flexibility index (Phi) is 9.88. The van der Waals surface area contributed by atoms with Crippen LogP contribution >= 0.6 is 35.3 Å². The number of hydrogen-bond acceptors (Lipinski definition) is 4. The summed E-state index contributed by atoms with van der Waals surface area (Å²) in [6.07, 6.45) is 0. The van der Waals surface area contributed by atoms with Crippen LogP contribution in [0.25, 0.3) is 0 Å². The summed E-state index contributed by atoms with van der Waals surface area (Å²) < 4.78 is 25.9. The molecule has 0 aliphatic carbocycles. The van der Waals surface area contributed by atoms with Crippen LogP contribution in [-0.4, -0.2) is 46.4 Å². The van der Waals surface area contributed by atoms with Crippen molar-refractivity contribution in [2.75, 3.05) is 27.7 Å². The Morgan fingerprint density at radius 1 is 1.14 bits per heavy atom. The molecule has 0 radical (unpaired) electrons. The first-order valence-electron chi connectivity index (χ1n) is 8.76. The zero-order chi connectivity index (χ0) is 20.0. The van der Waals surface area contributed by atoms with Gasteiger partial charge in [-0.3, -0.25) is 4.99 Å². The van der Waals surface area contributed by atoms with Gasteiger partial charge < -0.3 is 10.6 Å². The summed E-state index contributed by atoms with van der Waals surface area (Å²) in [5, 5.41) is 6.56. The number of nitrogens with one attached hydrogen (secondary N) is 2. The molecule has 2 N–H and O–H groups in total. The highest BCUT2D eigenvalue weighted by Crippen LogP contribution is 2.23. The highest BCUT2D eigenvalue weighted by Gasteiger charge is 2.19. The SMILES string of the molecule is CN=C(NCc1ccc(S(=O)(=O)N(C)C)s1)NCC(C)c1ccc(C)cc1.I. The maximum Gasteiger partial charge on any atom is 0.252 e. The van der Waals surface area contributed by atoms with Crippen molar-refractivity contribution in [1.29, 1.82) is 0 Å². The molecular formula is C19H29IN4O2S2. The van der Waals surface area contributed by atoms with Crippen molar-refractivity contribution in [3.8, 4) is 0 Å². The topological polar surface area (TPSA) is 73.8 Å². The van der Waals surface area contributed by atoms with Gasteiger partial charge in [0.25, 0.3) is 10.0 Å². The van der Waals surface area contributed by atoms with E-state index in [1.807, 2.05) is 6.07 Å². The van der Waals surface area contributed by atoms with Crippen molar-refractivity contribution in [2.45, 2.75) is 30.5 Å². The summed E-state index contributed by atoms with van der Waals surface area (Å²) >= 11 is 1.27. The second kappa shape index (κ2) is 11.1. The Hall–Kier alpha value is -1.17. The molecule has 2 rings (SSSR count). The zero-order valence-electron chi connectivity index (χ0n) is 16.9. The zero-order valence-corrected chi connectivity index (χ0v) is 20.9. The second-order valence-electron chi connectivity index (χ2n) is 6.63. The van der Waals surface area contributed by atoms with Gasteiger partial charge in [0.2, 0.25) is 0 Å². The third kappa shape index (κ3) is 6.71. The Labute approximate surface area is 189 Å². The van der Waals surface area contributed by atoms with Crippen molar-refractivity contribution in [3.05, 3.63) is 52.4 Å². The van der Waals surface area contributed by atoms with E-state index in [-0.39, 0.29) is 24.0 Å². The quantitative estimate of drug-likeness (QED) is 0.323. The molecule has 0 spiro atoms. The number of aliphatic imine (C=N–C) groups is 1. The Morgan fingerprint density at radius 3 is 2.36 bits per heavy atom. The van der Waals surface area contributed by atoms with Gasteiger partial charge in [0.05, 0.1) is 6.54 Å². The predicted octanol–water partition coefficient (Wildman–Crippen LogP) is 3.39. The van der Waals surface area contributed by atoms with Crippen molar-refractivity contribution < 1.29 is 8.42 Å². The molecule has 1 aromatic carbocycles. The molecule has 0 aliphatic rings. The highest BCUT2D eigenvalue weighted by molar-refractivity contribution is 14.0. The Morgan fingerprint density at radius 2 is 1.79 bits per heavy atom. The summed E-state index contributed by atoms with van der Waals surface area (Å²) in [5.41, 5.74) is 2.53.